The molecule has 166 valence electrons. The van der Waals surface area contributed by atoms with Crippen molar-refractivity contribution < 1.29 is 28.6 Å². The van der Waals surface area contributed by atoms with Gasteiger partial charge in [-0.3, -0.25) is 9.59 Å². The van der Waals surface area contributed by atoms with E-state index in [2.05, 4.69) is 21.2 Å². The molecule has 2 aliphatic rings. The number of Topliss-reactive ketones (excluding diaryl/α,β-unsaturated/α-hetero) is 1. The van der Waals surface area contributed by atoms with Gasteiger partial charge in [-0.1, -0.05) is 41.1 Å². The van der Waals surface area contributed by atoms with Crippen molar-refractivity contribution >= 4 is 33.7 Å². The third-order valence-electron chi connectivity index (χ3n) is 5.70. The molecule has 0 fully saturated rings. The first-order valence-corrected chi connectivity index (χ1v) is 10.8. The first kappa shape index (κ1) is 23.2. The van der Waals surface area contributed by atoms with Crippen LogP contribution in [0.3, 0.4) is 0 Å². The topological polar surface area (TPSA) is 90.9 Å². The van der Waals surface area contributed by atoms with E-state index in [1.165, 1.54) is 14.2 Å². The van der Waals surface area contributed by atoms with Crippen molar-refractivity contribution in [2.75, 3.05) is 27.4 Å². The predicted octanol–water partition coefficient (Wildman–Crippen LogP) is 3.25. The Labute approximate surface area is 189 Å². The van der Waals surface area contributed by atoms with Crippen LogP contribution < -0.4 is 5.32 Å². The van der Waals surface area contributed by atoms with Gasteiger partial charge in [-0.2, -0.15) is 0 Å². The second kappa shape index (κ2) is 9.78. The highest BCUT2D eigenvalue weighted by Crippen LogP contribution is 2.46. The summed E-state index contributed by atoms with van der Waals surface area (Å²) in [6.07, 6.45) is 0.491. The van der Waals surface area contributed by atoms with Crippen molar-refractivity contribution in [1.29, 1.82) is 0 Å². The molecule has 3 rings (SSSR count). The molecule has 0 radical (unpaired) electrons. The molecular weight excluding hydrogens is 466 g/mol. The number of carbonyl (C=O) groups excluding carboxylic acids is 3. The minimum absolute atomic E-state index is 0.0937. The lowest BCUT2D eigenvalue weighted by atomic mass is 9.69. The van der Waals surface area contributed by atoms with Crippen LogP contribution in [0.4, 0.5) is 0 Å². The fourth-order valence-electron chi connectivity index (χ4n) is 4.27. The van der Waals surface area contributed by atoms with Crippen LogP contribution in [-0.2, 0) is 28.6 Å². The second-order valence-corrected chi connectivity index (χ2v) is 8.54. The Balaban J connectivity index is 2.14. The summed E-state index contributed by atoms with van der Waals surface area (Å²) < 4.78 is 16.0. The molecule has 1 N–H and O–H groups in total. The molecule has 0 bridgehead atoms. The molecule has 7 nitrogen and oxygen atoms in total. The molecule has 1 aliphatic heterocycles. The zero-order chi connectivity index (χ0) is 22.7. The van der Waals surface area contributed by atoms with Gasteiger partial charge in [0.05, 0.1) is 19.3 Å². The Hall–Kier alpha value is -2.45. The van der Waals surface area contributed by atoms with Gasteiger partial charge in [0, 0.05) is 34.5 Å². The van der Waals surface area contributed by atoms with E-state index >= 15 is 0 Å². The number of carbonyl (C=O) groups is 3. The Morgan fingerprint density at radius 1 is 1.19 bits per heavy atom. The molecule has 0 unspecified atom stereocenters. The minimum Gasteiger partial charge on any atom is -0.468 e. The van der Waals surface area contributed by atoms with Crippen LogP contribution in [0.5, 0.6) is 0 Å². The van der Waals surface area contributed by atoms with E-state index in [1.807, 2.05) is 31.2 Å². The van der Waals surface area contributed by atoms with Gasteiger partial charge in [0.25, 0.3) is 0 Å². The lowest BCUT2D eigenvalue weighted by Gasteiger charge is -2.38. The van der Waals surface area contributed by atoms with Crippen molar-refractivity contribution in [2.24, 2.45) is 11.8 Å². The Bertz CT molecular complexity index is 967. The SMILES string of the molecule is COCCOC(=O)C1=C(C)NC2=C(C(=O)[C@H](C(=O)OC)[C@@H](C)C2)[C@H]1c1ccccc1Br. The zero-order valence-corrected chi connectivity index (χ0v) is 19.6. The Morgan fingerprint density at radius 3 is 2.55 bits per heavy atom. The third-order valence-corrected chi connectivity index (χ3v) is 6.42. The first-order chi connectivity index (χ1) is 14.8. The summed E-state index contributed by atoms with van der Waals surface area (Å²) in [6.45, 7) is 4.00. The Morgan fingerprint density at radius 2 is 1.90 bits per heavy atom. The summed E-state index contributed by atoms with van der Waals surface area (Å²) in [7, 11) is 2.80. The van der Waals surface area contributed by atoms with E-state index < -0.39 is 23.8 Å². The third kappa shape index (κ3) is 4.45. The van der Waals surface area contributed by atoms with Gasteiger partial charge >= 0.3 is 11.9 Å². The first-order valence-electron chi connectivity index (χ1n) is 10.0. The molecule has 0 aromatic heterocycles. The lowest BCUT2D eigenvalue weighted by Crippen LogP contribution is -2.43. The van der Waals surface area contributed by atoms with Gasteiger partial charge < -0.3 is 19.5 Å². The van der Waals surface area contributed by atoms with Gasteiger partial charge in [0.2, 0.25) is 0 Å². The number of esters is 2. The van der Waals surface area contributed by atoms with Gasteiger partial charge in [-0.15, -0.1) is 0 Å². The van der Waals surface area contributed by atoms with E-state index in [0.717, 1.165) is 15.7 Å². The van der Waals surface area contributed by atoms with E-state index in [0.29, 0.717) is 23.3 Å². The number of dihydropyridines is 1. The quantitative estimate of drug-likeness (QED) is 0.371. The maximum absolute atomic E-state index is 13.6. The number of halogens is 1. The van der Waals surface area contributed by atoms with E-state index in [9.17, 15) is 14.4 Å². The summed E-state index contributed by atoms with van der Waals surface area (Å²) in [4.78, 5) is 39.1. The summed E-state index contributed by atoms with van der Waals surface area (Å²) in [5, 5.41) is 3.24. The fourth-order valence-corrected chi connectivity index (χ4v) is 4.78. The van der Waals surface area contributed by atoms with Crippen LogP contribution in [0.25, 0.3) is 0 Å². The van der Waals surface area contributed by atoms with E-state index in [4.69, 9.17) is 14.2 Å². The maximum atomic E-state index is 13.6. The van der Waals surface area contributed by atoms with Crippen LogP contribution in [0, 0.1) is 11.8 Å². The largest absolute Gasteiger partial charge is 0.468 e. The van der Waals surface area contributed by atoms with Crippen molar-refractivity contribution in [2.45, 2.75) is 26.2 Å². The maximum Gasteiger partial charge on any atom is 0.336 e. The molecule has 1 aromatic rings. The summed E-state index contributed by atoms with van der Waals surface area (Å²) in [5.74, 6) is -3.24. The number of benzene rings is 1. The van der Waals surface area contributed by atoms with Crippen LogP contribution in [0.2, 0.25) is 0 Å². The molecule has 31 heavy (non-hydrogen) atoms. The van der Waals surface area contributed by atoms with Crippen LogP contribution >= 0.6 is 15.9 Å². The normalized spacial score (nSPS) is 23.3. The highest BCUT2D eigenvalue weighted by molar-refractivity contribution is 9.10. The molecule has 1 heterocycles. The highest BCUT2D eigenvalue weighted by atomic mass is 79.9. The smallest absolute Gasteiger partial charge is 0.336 e. The molecule has 3 atom stereocenters. The minimum atomic E-state index is -0.917. The molecular formula is C23H26BrNO6. The predicted molar refractivity (Wildman–Crippen MR) is 117 cm³/mol. The van der Waals surface area contributed by atoms with Crippen molar-refractivity contribution in [1.82, 2.24) is 5.32 Å². The van der Waals surface area contributed by atoms with Gasteiger partial charge in [-0.05, 0) is 30.9 Å². The number of methoxy groups -OCH3 is 2. The molecule has 8 heteroatoms. The molecule has 0 spiro atoms. The van der Waals surface area contributed by atoms with Crippen molar-refractivity contribution in [3.63, 3.8) is 0 Å². The molecule has 1 aliphatic carbocycles. The number of ketones is 1. The van der Waals surface area contributed by atoms with Gasteiger partial charge in [0.15, 0.2) is 5.78 Å². The summed E-state index contributed by atoms with van der Waals surface area (Å²) >= 11 is 3.56. The average molecular weight is 492 g/mol. The van der Waals surface area contributed by atoms with Crippen LogP contribution in [0.15, 0.2) is 51.3 Å². The van der Waals surface area contributed by atoms with Crippen LogP contribution in [-0.4, -0.2) is 45.2 Å². The van der Waals surface area contributed by atoms with E-state index in [-0.39, 0.29) is 24.9 Å². The van der Waals surface area contributed by atoms with Gasteiger partial charge in [0.1, 0.15) is 12.5 Å². The number of hydrogen-bond acceptors (Lipinski definition) is 7. The second-order valence-electron chi connectivity index (χ2n) is 7.69. The standard InChI is InChI=1S/C23H26BrNO6/c1-12-11-16-20(21(26)17(12)22(27)30-4)19(14-7-5-6-8-15(14)24)18(13(2)25-16)23(28)31-10-9-29-3/h5-8,12,17,19,25H,9-11H2,1-4H3/t12-,17+,19-/m0/s1. The number of nitrogens with one attached hydrogen (secondary N) is 1. The molecule has 1 aromatic carbocycles. The highest BCUT2D eigenvalue weighted by Gasteiger charge is 2.47. The average Bonchev–Trinajstić information content (AvgIpc) is 2.73. The number of ether oxygens (including phenoxy) is 3. The lowest BCUT2D eigenvalue weighted by molar-refractivity contribution is -0.151. The molecule has 0 amide bonds. The van der Waals surface area contributed by atoms with E-state index in [1.54, 1.807) is 6.92 Å². The zero-order valence-electron chi connectivity index (χ0n) is 18.0. The van der Waals surface area contributed by atoms with Crippen LogP contribution in [0.1, 0.15) is 31.7 Å². The Kier molecular flexibility index (Phi) is 7.33. The van der Waals surface area contributed by atoms with Gasteiger partial charge in [-0.25, -0.2) is 4.79 Å². The number of hydrogen-bond donors (Lipinski definition) is 1. The summed E-state index contributed by atoms with van der Waals surface area (Å²) in [5.41, 5.74) is 2.85. The van der Waals surface area contributed by atoms with Crippen molar-refractivity contribution in [3.8, 4) is 0 Å². The number of rotatable bonds is 6. The summed E-state index contributed by atoms with van der Waals surface area (Å²) in [6, 6.07) is 7.42. The monoisotopic (exact) mass is 491 g/mol. The fraction of sp³-hybridized carbons (Fsp3) is 0.435. The molecule has 0 saturated carbocycles. The van der Waals surface area contributed by atoms with Crippen molar-refractivity contribution in [3.05, 3.63) is 56.8 Å². The molecule has 0 saturated heterocycles. The number of allylic oxidation sites excluding steroid dienone is 3.